The normalized spacial score (nSPS) is 20.5. The number of hydrogen-bond acceptors (Lipinski definition) is 11. The number of aliphatic hydroxyl groups is 1. The van der Waals surface area contributed by atoms with Crippen molar-refractivity contribution in [2.45, 2.75) is 31.5 Å². The Morgan fingerprint density at radius 3 is 2.50 bits per heavy atom. The summed E-state index contributed by atoms with van der Waals surface area (Å²) < 4.78 is 23.9. The van der Waals surface area contributed by atoms with Crippen LogP contribution in [0.3, 0.4) is 0 Å². The SMILES string of the molecule is CCN(CCNC(=O)[C@H]1O[C@@H](n2cnc3c(N)ncnc32)[C@H](O)[C@@H]1O[PH](=O)O)c1ccc(/C=C/c2ccc(C#N)cc2)cc1. The van der Waals surface area contributed by atoms with Gasteiger partial charge in [-0.15, -0.1) is 0 Å². The lowest BCUT2D eigenvalue weighted by Crippen LogP contribution is -2.45. The molecule has 2 aromatic heterocycles. The first kappa shape index (κ1) is 30.8. The van der Waals surface area contributed by atoms with Crippen molar-refractivity contribution in [3.05, 3.63) is 77.9 Å². The van der Waals surface area contributed by atoms with Gasteiger partial charge in [-0.2, -0.15) is 5.26 Å². The predicted molar refractivity (Wildman–Crippen MR) is 163 cm³/mol. The molecule has 0 spiro atoms. The smallest absolute Gasteiger partial charge is 0.317 e. The van der Waals surface area contributed by atoms with Crippen molar-refractivity contribution < 1.29 is 28.6 Å². The summed E-state index contributed by atoms with van der Waals surface area (Å²) in [6.45, 7) is 3.36. The fourth-order valence-electron chi connectivity index (χ4n) is 4.94. The van der Waals surface area contributed by atoms with E-state index in [1.54, 1.807) is 12.1 Å². The van der Waals surface area contributed by atoms with Crippen molar-refractivity contribution in [3.63, 3.8) is 0 Å². The summed E-state index contributed by atoms with van der Waals surface area (Å²) in [7, 11) is -3.52. The van der Waals surface area contributed by atoms with Crippen LogP contribution in [-0.2, 0) is 18.6 Å². The molecule has 1 saturated heterocycles. The lowest BCUT2D eigenvalue weighted by Gasteiger charge is -2.24. The van der Waals surface area contributed by atoms with E-state index in [9.17, 15) is 19.4 Å². The highest BCUT2D eigenvalue weighted by Gasteiger charge is 2.50. The Kier molecular flexibility index (Phi) is 9.64. The molecule has 5 rings (SSSR count). The highest BCUT2D eigenvalue weighted by Crippen LogP contribution is 2.37. The first-order chi connectivity index (χ1) is 21.3. The number of nitriles is 1. The summed E-state index contributed by atoms with van der Waals surface area (Å²) >= 11 is 0. The second-order valence-electron chi connectivity index (χ2n) is 9.90. The van der Waals surface area contributed by atoms with Crippen molar-refractivity contribution in [1.29, 1.82) is 5.26 Å². The molecular weight excluding hydrogens is 587 g/mol. The van der Waals surface area contributed by atoms with E-state index < -0.39 is 38.7 Å². The third-order valence-electron chi connectivity index (χ3n) is 7.20. The predicted octanol–water partition coefficient (Wildman–Crippen LogP) is 2.12. The number of likely N-dealkylation sites (N-methyl/N-ethyl adjacent to an activating group) is 1. The van der Waals surface area contributed by atoms with Crippen LogP contribution in [0.15, 0.2) is 61.2 Å². The number of anilines is 2. The number of aliphatic hydroxyl groups excluding tert-OH is 1. The number of aromatic nitrogens is 4. The number of nitrogens with two attached hydrogens (primary N) is 1. The van der Waals surface area contributed by atoms with Crippen LogP contribution in [0, 0.1) is 11.3 Å². The van der Waals surface area contributed by atoms with E-state index in [0.29, 0.717) is 18.7 Å². The fourth-order valence-corrected chi connectivity index (χ4v) is 5.43. The first-order valence-electron chi connectivity index (χ1n) is 13.8. The number of nitrogens with zero attached hydrogens (tertiary/aromatic N) is 6. The van der Waals surface area contributed by atoms with E-state index in [1.807, 2.05) is 55.5 Å². The van der Waals surface area contributed by atoms with Crippen LogP contribution < -0.4 is 16.0 Å². The van der Waals surface area contributed by atoms with Gasteiger partial charge in [-0.3, -0.25) is 13.9 Å². The van der Waals surface area contributed by atoms with Gasteiger partial charge in [0.2, 0.25) is 0 Å². The van der Waals surface area contributed by atoms with Crippen LogP contribution in [0.4, 0.5) is 11.5 Å². The van der Waals surface area contributed by atoms with Gasteiger partial charge in [0.15, 0.2) is 23.8 Å². The van der Waals surface area contributed by atoms with Crippen molar-refractivity contribution >= 4 is 49.0 Å². The number of carbonyl (C=O) groups excluding carboxylic acids is 1. The summed E-state index contributed by atoms with van der Waals surface area (Å²) in [5.74, 6) is -0.490. The molecule has 0 aliphatic carbocycles. The van der Waals surface area contributed by atoms with E-state index in [0.717, 1.165) is 16.8 Å². The van der Waals surface area contributed by atoms with Crippen molar-refractivity contribution in [2.24, 2.45) is 0 Å². The Hall–Kier alpha value is -4.64. The van der Waals surface area contributed by atoms with E-state index in [2.05, 4.69) is 31.2 Å². The standard InChI is InChI=1S/C29H31N8O6P/c1-2-36(21-11-9-19(10-12-21)4-3-18-5-7-20(15-30)8-6-18)14-13-32-28(39)25-24(43-44(40)41)23(38)29(42-25)37-17-35-22-26(31)33-16-34-27(22)37/h3-12,16-17,23-25,29,38,44H,2,13-14H2,1H3,(H,32,39)(H,40,41)(H2,31,33,34)/b4-3+/t23-,24+,25+,29-/m1/s1. The molecule has 4 aromatic rings. The second-order valence-corrected chi connectivity index (χ2v) is 10.7. The summed E-state index contributed by atoms with van der Waals surface area (Å²) in [5, 5.41) is 22.7. The Balaban J connectivity index is 1.21. The maximum atomic E-state index is 13.2. The summed E-state index contributed by atoms with van der Waals surface area (Å²) in [6.07, 6.45) is 1.03. The topological polar surface area (TPSA) is 202 Å². The van der Waals surface area contributed by atoms with E-state index >= 15 is 0 Å². The molecular formula is C29H31N8O6P. The number of nitrogen functional groups attached to an aromatic ring is 1. The number of amides is 1. The highest BCUT2D eigenvalue weighted by molar-refractivity contribution is 7.32. The minimum Gasteiger partial charge on any atom is -0.386 e. The molecule has 44 heavy (non-hydrogen) atoms. The average molecular weight is 619 g/mol. The minimum absolute atomic E-state index is 0.124. The number of benzene rings is 2. The zero-order valence-corrected chi connectivity index (χ0v) is 24.6. The zero-order valence-electron chi connectivity index (χ0n) is 23.6. The van der Waals surface area contributed by atoms with Gasteiger partial charge in [0, 0.05) is 25.3 Å². The van der Waals surface area contributed by atoms with Gasteiger partial charge in [-0.05, 0) is 42.3 Å². The second kappa shape index (κ2) is 13.8. The van der Waals surface area contributed by atoms with Crippen molar-refractivity contribution in [3.8, 4) is 6.07 Å². The van der Waals surface area contributed by atoms with E-state index in [-0.39, 0.29) is 23.5 Å². The summed E-state index contributed by atoms with van der Waals surface area (Å²) in [5.41, 5.74) is 9.94. The monoisotopic (exact) mass is 618 g/mol. The summed E-state index contributed by atoms with van der Waals surface area (Å²) in [4.78, 5) is 36.9. The van der Waals surface area contributed by atoms with Gasteiger partial charge in [0.05, 0.1) is 18.0 Å². The Morgan fingerprint density at radius 1 is 1.18 bits per heavy atom. The third-order valence-corrected chi connectivity index (χ3v) is 7.67. The Bertz CT molecular complexity index is 1710. The highest BCUT2D eigenvalue weighted by atomic mass is 31.1. The van der Waals surface area contributed by atoms with Gasteiger partial charge < -0.3 is 35.2 Å². The molecule has 3 heterocycles. The minimum atomic E-state index is -3.52. The molecule has 14 nitrogen and oxygen atoms in total. The van der Waals surface area contributed by atoms with Crippen LogP contribution in [0.5, 0.6) is 0 Å². The van der Waals surface area contributed by atoms with Crippen LogP contribution in [0.2, 0.25) is 0 Å². The van der Waals surface area contributed by atoms with Gasteiger partial charge in [-0.1, -0.05) is 36.4 Å². The number of hydrogen-bond donors (Lipinski definition) is 4. The molecule has 228 valence electrons. The van der Waals surface area contributed by atoms with E-state index in [1.165, 1.54) is 17.2 Å². The van der Waals surface area contributed by atoms with Crippen molar-refractivity contribution in [1.82, 2.24) is 24.8 Å². The fraction of sp³-hybridized carbons (Fsp3) is 0.276. The third kappa shape index (κ3) is 6.78. The molecule has 1 aliphatic rings. The molecule has 1 aliphatic heterocycles. The maximum absolute atomic E-state index is 13.2. The molecule has 5 atom stereocenters. The largest absolute Gasteiger partial charge is 0.386 e. The first-order valence-corrected chi connectivity index (χ1v) is 15.0. The average Bonchev–Trinajstić information content (AvgIpc) is 3.60. The number of rotatable bonds is 11. The van der Waals surface area contributed by atoms with Gasteiger partial charge in [0.1, 0.15) is 24.1 Å². The van der Waals surface area contributed by atoms with Gasteiger partial charge >= 0.3 is 8.25 Å². The van der Waals surface area contributed by atoms with Crippen LogP contribution in [0.1, 0.15) is 29.8 Å². The number of fused-ring (bicyclic) bond motifs is 1. The molecule has 0 radical (unpaired) electrons. The summed E-state index contributed by atoms with van der Waals surface area (Å²) in [6, 6.07) is 17.4. The molecule has 0 bridgehead atoms. The molecule has 1 unspecified atom stereocenters. The number of ether oxygens (including phenoxy) is 1. The number of nitrogens with one attached hydrogen (secondary N) is 1. The molecule has 1 amide bonds. The molecule has 2 aromatic carbocycles. The lowest BCUT2D eigenvalue weighted by atomic mass is 10.1. The number of carbonyl (C=O) groups is 1. The molecule has 15 heteroatoms. The zero-order chi connectivity index (χ0) is 31.2. The van der Waals surface area contributed by atoms with E-state index in [4.69, 9.17) is 20.3 Å². The van der Waals surface area contributed by atoms with Crippen molar-refractivity contribution in [2.75, 3.05) is 30.3 Å². The van der Waals surface area contributed by atoms with Gasteiger partial charge in [-0.25, -0.2) is 15.0 Å². The molecule has 5 N–H and O–H groups in total. The van der Waals surface area contributed by atoms with Crippen LogP contribution in [0.25, 0.3) is 23.3 Å². The lowest BCUT2D eigenvalue weighted by molar-refractivity contribution is -0.137. The van der Waals surface area contributed by atoms with Crippen LogP contribution in [-0.4, -0.2) is 73.4 Å². The molecule has 1 fully saturated rings. The quantitative estimate of drug-likeness (QED) is 0.141. The van der Waals surface area contributed by atoms with Gasteiger partial charge in [0.25, 0.3) is 5.91 Å². The Labute approximate surface area is 253 Å². The number of imidazole rings is 1. The molecule has 0 saturated carbocycles. The maximum Gasteiger partial charge on any atom is 0.317 e. The van der Waals surface area contributed by atoms with Crippen LogP contribution >= 0.6 is 8.25 Å². The Morgan fingerprint density at radius 2 is 1.86 bits per heavy atom.